The molecule has 0 spiro atoms. The number of piperidine rings is 1. The van der Waals surface area contributed by atoms with Crippen molar-refractivity contribution in [2.45, 2.75) is 25.9 Å². The molecule has 1 aromatic rings. The van der Waals surface area contributed by atoms with Gasteiger partial charge >= 0.3 is 0 Å². The molecule has 138 valence electrons. The molecule has 2 aliphatic heterocycles. The molecule has 0 aliphatic carbocycles. The number of amides is 1. The number of nitrogens with zero attached hydrogens (tertiary/aromatic N) is 2. The summed E-state index contributed by atoms with van der Waals surface area (Å²) >= 11 is 5.90. The van der Waals surface area contributed by atoms with Gasteiger partial charge in [0, 0.05) is 56.5 Å². The zero-order chi connectivity index (χ0) is 17.6. The zero-order valence-corrected chi connectivity index (χ0v) is 15.6. The summed E-state index contributed by atoms with van der Waals surface area (Å²) in [6, 6.07) is 7.46. The minimum atomic E-state index is 0.0341. The van der Waals surface area contributed by atoms with Crippen molar-refractivity contribution in [3.8, 4) is 5.75 Å². The SMILES string of the molecule is C[C@@H](CN1CCOCC1)C(=O)N1CCC(Oc2ccc(Cl)cc2)CC1. The van der Waals surface area contributed by atoms with Crippen LogP contribution < -0.4 is 4.74 Å². The fraction of sp³-hybridized carbons (Fsp3) is 0.632. The Morgan fingerprint density at radius 3 is 2.48 bits per heavy atom. The Morgan fingerprint density at radius 1 is 1.20 bits per heavy atom. The van der Waals surface area contributed by atoms with E-state index in [0.29, 0.717) is 5.02 Å². The second kappa shape index (κ2) is 8.88. The molecule has 0 saturated carbocycles. The van der Waals surface area contributed by atoms with Crippen molar-refractivity contribution in [1.29, 1.82) is 0 Å². The Hall–Kier alpha value is -1.30. The molecule has 2 fully saturated rings. The van der Waals surface area contributed by atoms with E-state index >= 15 is 0 Å². The summed E-state index contributed by atoms with van der Waals surface area (Å²) in [4.78, 5) is 17.0. The molecular weight excluding hydrogens is 340 g/mol. The quantitative estimate of drug-likeness (QED) is 0.803. The van der Waals surface area contributed by atoms with Gasteiger partial charge in [-0.15, -0.1) is 0 Å². The lowest BCUT2D eigenvalue weighted by Gasteiger charge is -2.35. The van der Waals surface area contributed by atoms with E-state index in [0.717, 1.165) is 64.5 Å². The summed E-state index contributed by atoms with van der Waals surface area (Å²) in [6.07, 6.45) is 1.91. The minimum absolute atomic E-state index is 0.0341. The Labute approximate surface area is 154 Å². The Balaban J connectivity index is 1.43. The molecule has 1 atom stereocenters. The van der Waals surface area contributed by atoms with Gasteiger partial charge in [0.2, 0.25) is 5.91 Å². The van der Waals surface area contributed by atoms with Gasteiger partial charge in [-0.2, -0.15) is 0 Å². The van der Waals surface area contributed by atoms with E-state index in [9.17, 15) is 4.79 Å². The molecule has 25 heavy (non-hydrogen) atoms. The third-order valence-corrected chi connectivity index (χ3v) is 5.18. The lowest BCUT2D eigenvalue weighted by molar-refractivity contribution is -0.137. The van der Waals surface area contributed by atoms with E-state index in [1.165, 1.54) is 0 Å². The second-order valence-corrected chi connectivity index (χ2v) is 7.35. The number of rotatable bonds is 5. The van der Waals surface area contributed by atoms with Gasteiger partial charge in [0.15, 0.2) is 0 Å². The summed E-state index contributed by atoms with van der Waals surface area (Å²) in [7, 11) is 0. The minimum Gasteiger partial charge on any atom is -0.490 e. The first-order valence-corrected chi connectivity index (χ1v) is 9.51. The van der Waals surface area contributed by atoms with Crippen LogP contribution >= 0.6 is 11.6 Å². The maximum atomic E-state index is 12.7. The van der Waals surface area contributed by atoms with Gasteiger partial charge in [0.05, 0.1) is 13.2 Å². The molecule has 0 bridgehead atoms. The van der Waals surface area contributed by atoms with E-state index in [1.807, 2.05) is 36.1 Å². The monoisotopic (exact) mass is 366 g/mol. The molecule has 6 heteroatoms. The van der Waals surface area contributed by atoms with Gasteiger partial charge in [-0.25, -0.2) is 0 Å². The Morgan fingerprint density at radius 2 is 1.84 bits per heavy atom. The van der Waals surface area contributed by atoms with Gasteiger partial charge in [0.25, 0.3) is 0 Å². The van der Waals surface area contributed by atoms with Crippen LogP contribution in [0.2, 0.25) is 5.02 Å². The average Bonchev–Trinajstić information content (AvgIpc) is 2.64. The van der Waals surface area contributed by atoms with Crippen LogP contribution in [0.25, 0.3) is 0 Å². The van der Waals surface area contributed by atoms with Crippen LogP contribution in [0.3, 0.4) is 0 Å². The van der Waals surface area contributed by atoms with E-state index < -0.39 is 0 Å². The first kappa shape index (κ1) is 18.5. The third-order valence-electron chi connectivity index (χ3n) is 4.93. The number of carbonyl (C=O) groups excluding carboxylic acids is 1. The van der Waals surface area contributed by atoms with Crippen molar-refractivity contribution in [2.24, 2.45) is 5.92 Å². The maximum Gasteiger partial charge on any atom is 0.226 e. The van der Waals surface area contributed by atoms with Crippen LogP contribution in [-0.2, 0) is 9.53 Å². The van der Waals surface area contributed by atoms with Crippen LogP contribution in [-0.4, -0.2) is 67.7 Å². The normalized spacial score (nSPS) is 21.1. The summed E-state index contributed by atoms with van der Waals surface area (Å²) in [6.45, 7) is 7.79. The molecule has 1 amide bonds. The molecule has 2 aliphatic rings. The van der Waals surface area contributed by atoms with Crippen LogP contribution in [0.4, 0.5) is 0 Å². The highest BCUT2D eigenvalue weighted by atomic mass is 35.5. The van der Waals surface area contributed by atoms with E-state index in [2.05, 4.69) is 4.90 Å². The molecule has 0 N–H and O–H groups in total. The molecule has 0 unspecified atom stereocenters. The third kappa shape index (κ3) is 5.33. The average molecular weight is 367 g/mol. The first-order chi connectivity index (χ1) is 12.1. The smallest absolute Gasteiger partial charge is 0.226 e. The zero-order valence-electron chi connectivity index (χ0n) is 14.8. The van der Waals surface area contributed by atoms with Crippen molar-refractivity contribution in [3.05, 3.63) is 29.3 Å². The lowest BCUT2D eigenvalue weighted by atomic mass is 10.0. The van der Waals surface area contributed by atoms with E-state index in [1.54, 1.807) is 0 Å². The summed E-state index contributed by atoms with van der Waals surface area (Å²) in [5.74, 6) is 1.14. The van der Waals surface area contributed by atoms with Crippen LogP contribution in [0.1, 0.15) is 19.8 Å². The number of halogens is 1. The van der Waals surface area contributed by atoms with Crippen molar-refractivity contribution in [2.75, 3.05) is 45.9 Å². The van der Waals surface area contributed by atoms with Crippen molar-refractivity contribution in [1.82, 2.24) is 9.80 Å². The van der Waals surface area contributed by atoms with Crippen molar-refractivity contribution in [3.63, 3.8) is 0 Å². The lowest BCUT2D eigenvalue weighted by Crippen LogP contribution is -2.47. The fourth-order valence-corrected chi connectivity index (χ4v) is 3.59. The van der Waals surface area contributed by atoms with Gasteiger partial charge in [-0.05, 0) is 24.3 Å². The highest BCUT2D eigenvalue weighted by Gasteiger charge is 2.28. The maximum absolute atomic E-state index is 12.7. The van der Waals surface area contributed by atoms with E-state index in [-0.39, 0.29) is 17.9 Å². The number of benzene rings is 1. The molecule has 5 nitrogen and oxygen atoms in total. The number of morpholine rings is 1. The van der Waals surface area contributed by atoms with Crippen molar-refractivity contribution < 1.29 is 14.3 Å². The highest BCUT2D eigenvalue weighted by Crippen LogP contribution is 2.22. The Kier molecular flexibility index (Phi) is 6.57. The standard InChI is InChI=1S/C19H27ClN2O3/c1-15(14-21-10-12-24-13-11-21)19(23)22-8-6-18(7-9-22)25-17-4-2-16(20)3-5-17/h2-5,15,18H,6-14H2,1H3/t15-/m0/s1. The topological polar surface area (TPSA) is 42.0 Å². The largest absolute Gasteiger partial charge is 0.490 e. The predicted molar refractivity (Wildman–Crippen MR) is 98.1 cm³/mol. The number of hydrogen-bond acceptors (Lipinski definition) is 4. The molecular formula is C19H27ClN2O3. The number of likely N-dealkylation sites (tertiary alicyclic amines) is 1. The first-order valence-electron chi connectivity index (χ1n) is 9.13. The Bertz CT molecular complexity index is 552. The molecule has 0 aromatic heterocycles. The summed E-state index contributed by atoms with van der Waals surface area (Å²) in [5.41, 5.74) is 0. The molecule has 3 rings (SSSR count). The van der Waals surface area contributed by atoms with E-state index in [4.69, 9.17) is 21.1 Å². The van der Waals surface area contributed by atoms with Crippen LogP contribution in [0, 0.1) is 5.92 Å². The number of hydrogen-bond donors (Lipinski definition) is 0. The van der Waals surface area contributed by atoms with Crippen molar-refractivity contribution >= 4 is 17.5 Å². The fourth-order valence-electron chi connectivity index (χ4n) is 3.46. The van der Waals surface area contributed by atoms with Gasteiger partial charge in [-0.1, -0.05) is 18.5 Å². The van der Waals surface area contributed by atoms with Crippen LogP contribution in [0.5, 0.6) is 5.75 Å². The molecule has 2 heterocycles. The van der Waals surface area contributed by atoms with Gasteiger partial charge in [-0.3, -0.25) is 9.69 Å². The molecule has 0 radical (unpaired) electrons. The predicted octanol–water partition coefficient (Wildman–Crippen LogP) is 2.68. The second-order valence-electron chi connectivity index (χ2n) is 6.91. The summed E-state index contributed by atoms with van der Waals surface area (Å²) in [5, 5.41) is 0.710. The molecule has 1 aromatic carbocycles. The number of carbonyl (C=O) groups is 1. The molecule has 2 saturated heterocycles. The van der Waals surface area contributed by atoms with Gasteiger partial charge in [0.1, 0.15) is 11.9 Å². The highest BCUT2D eigenvalue weighted by molar-refractivity contribution is 6.30. The van der Waals surface area contributed by atoms with Crippen LogP contribution in [0.15, 0.2) is 24.3 Å². The summed E-state index contributed by atoms with van der Waals surface area (Å²) < 4.78 is 11.4. The number of ether oxygens (including phenoxy) is 2. The van der Waals surface area contributed by atoms with Gasteiger partial charge < -0.3 is 14.4 Å².